The minimum absolute atomic E-state index is 0.0659. The number of anilines is 1. The molecule has 0 amide bonds. The molecule has 15 heteroatoms. The lowest BCUT2D eigenvalue weighted by Crippen LogP contribution is -2.26. The van der Waals surface area contributed by atoms with Crippen LogP contribution < -0.4 is 16.0 Å². The summed E-state index contributed by atoms with van der Waals surface area (Å²) < 4.78 is 60.7. The number of aliphatic hydroxyl groups is 1. The zero-order chi connectivity index (χ0) is 32.7. The van der Waals surface area contributed by atoms with Crippen molar-refractivity contribution in [2.75, 3.05) is 32.3 Å². The molecule has 1 fully saturated rings. The van der Waals surface area contributed by atoms with Crippen LogP contribution in [-0.4, -0.2) is 66.9 Å². The van der Waals surface area contributed by atoms with Crippen LogP contribution in [0.1, 0.15) is 37.5 Å². The largest absolute Gasteiger partial charge is 0.402 e. The zero-order valence-corrected chi connectivity index (χ0v) is 28.2. The van der Waals surface area contributed by atoms with Gasteiger partial charge in [-0.05, 0) is 69.6 Å². The Morgan fingerprint density at radius 1 is 1.30 bits per heavy atom. The number of aromatic nitrogens is 2. The second-order valence-electron chi connectivity index (χ2n) is 11.0. The Hall–Kier alpha value is -3.41. The smallest absolute Gasteiger partial charge is 0.175 e. The number of aliphatic hydroxyl groups excluding tert-OH is 1. The summed E-state index contributed by atoms with van der Waals surface area (Å²) in [5.74, 6) is -1.16. The molecule has 1 aliphatic heterocycles. The number of hydrogen-bond acceptors (Lipinski definition) is 9. The molecule has 0 spiro atoms. The second kappa shape index (κ2) is 12.9. The van der Waals surface area contributed by atoms with Gasteiger partial charge in [0.25, 0.3) is 0 Å². The Kier molecular flexibility index (Phi) is 9.82. The third kappa shape index (κ3) is 7.11. The fourth-order valence-corrected chi connectivity index (χ4v) is 5.59. The quantitative estimate of drug-likeness (QED) is 0.153. The first kappa shape index (κ1) is 33.5. The molecule has 0 radical (unpaired) electrons. The van der Waals surface area contributed by atoms with Crippen LogP contribution in [0.4, 0.5) is 14.5 Å². The van der Waals surface area contributed by atoms with Crippen molar-refractivity contribution in [3.05, 3.63) is 88.6 Å². The number of halogens is 3. The van der Waals surface area contributed by atoms with Crippen molar-refractivity contribution in [3.63, 3.8) is 0 Å². The van der Waals surface area contributed by atoms with Crippen molar-refractivity contribution < 1.29 is 22.3 Å². The highest BCUT2D eigenvalue weighted by atomic mass is 127. The number of benzene rings is 1. The van der Waals surface area contributed by atoms with Crippen molar-refractivity contribution in [2.24, 2.45) is 26.9 Å². The molecule has 2 aromatic rings. The monoisotopic (exact) mass is 740 g/mol. The predicted octanol–water partition coefficient (Wildman–Crippen LogP) is 3.86. The number of rotatable bonds is 9. The third-order valence-electron chi connectivity index (χ3n) is 7.04. The maximum Gasteiger partial charge on any atom is 0.175 e. The first-order chi connectivity index (χ1) is 20.5. The number of hydrogen-bond donors (Lipinski definition) is 3. The normalized spacial score (nSPS) is 17.5. The van der Waals surface area contributed by atoms with E-state index in [0.717, 1.165) is 36.8 Å². The second-order valence-corrected chi connectivity index (χ2v) is 13.5. The highest BCUT2D eigenvalue weighted by Crippen LogP contribution is 2.43. The predicted molar refractivity (Wildman–Crippen MR) is 176 cm³/mol. The van der Waals surface area contributed by atoms with Gasteiger partial charge in [0.2, 0.25) is 0 Å². The summed E-state index contributed by atoms with van der Waals surface area (Å²) in [6.45, 7) is 5.98. The molecule has 0 bridgehead atoms. The topological polar surface area (TPSA) is 141 Å². The van der Waals surface area contributed by atoms with E-state index in [9.17, 15) is 13.5 Å². The molecular formula is C29H35F2IN8O3S. The lowest BCUT2D eigenvalue weighted by Gasteiger charge is -2.22. The van der Waals surface area contributed by atoms with Gasteiger partial charge in [0.05, 0.1) is 39.2 Å². The molecule has 1 unspecified atom stereocenters. The number of allylic oxidation sites excluding steroid dienone is 3. The first-order valence-corrected chi connectivity index (χ1v) is 16.3. The van der Waals surface area contributed by atoms with Crippen molar-refractivity contribution in [1.82, 2.24) is 19.8 Å². The lowest BCUT2D eigenvalue weighted by atomic mass is 9.97. The Balaban J connectivity index is 1.96. The van der Waals surface area contributed by atoms with E-state index < -0.39 is 38.3 Å². The van der Waals surface area contributed by atoms with Crippen LogP contribution in [0.2, 0.25) is 0 Å². The van der Waals surface area contributed by atoms with E-state index in [2.05, 4.69) is 15.1 Å². The van der Waals surface area contributed by atoms with Gasteiger partial charge in [-0.2, -0.15) is 3.21 Å². The molecule has 236 valence electrons. The van der Waals surface area contributed by atoms with Gasteiger partial charge in [-0.25, -0.2) is 27.2 Å². The Morgan fingerprint density at radius 3 is 2.41 bits per heavy atom. The summed E-state index contributed by atoms with van der Waals surface area (Å²) in [7, 11) is 2.75. The molecular weight excluding hydrogens is 705 g/mol. The van der Waals surface area contributed by atoms with Crippen LogP contribution in [0.15, 0.2) is 78.5 Å². The Labute approximate surface area is 269 Å². The molecule has 1 atom stereocenters. The number of aryl methyl sites for hydroxylation is 1. The summed E-state index contributed by atoms with van der Waals surface area (Å²) in [4.78, 5) is 12.0. The van der Waals surface area contributed by atoms with E-state index >= 15 is 8.78 Å². The van der Waals surface area contributed by atoms with Crippen molar-refractivity contribution in [1.29, 1.82) is 0 Å². The van der Waals surface area contributed by atoms with Crippen LogP contribution in [0, 0.1) is 17.6 Å². The minimum atomic E-state index is -3.86. The zero-order valence-electron chi connectivity index (χ0n) is 25.2. The molecule has 0 saturated heterocycles. The highest BCUT2D eigenvalue weighted by molar-refractivity contribution is 14.1. The molecule has 11 nitrogen and oxygen atoms in total. The Bertz CT molecular complexity index is 1740. The first-order valence-electron chi connectivity index (χ1n) is 13.5. The summed E-state index contributed by atoms with van der Waals surface area (Å²) in [6, 6.07) is 1.56. The maximum absolute atomic E-state index is 15.4. The molecule has 1 aromatic heterocycles. The van der Waals surface area contributed by atoms with E-state index in [4.69, 9.17) is 15.7 Å². The number of aliphatic imine (C=N–C) groups is 1. The van der Waals surface area contributed by atoms with Gasteiger partial charge in [0.15, 0.2) is 33.5 Å². The number of nitrogens with two attached hydrogens (primary N) is 1. The SMILES string of the molecule is C=C1C=C(N(C)c2c(F)cc(S(C)(=O)=O)cc2F)N=C(c2cn(C)c(C(O)N(C)C)n2)C(C2CC2)=C1NC(/C=C(/C)N)=N/I. The van der Waals surface area contributed by atoms with Crippen LogP contribution in [0.5, 0.6) is 0 Å². The number of nitrogens with one attached hydrogen (secondary N) is 1. The van der Waals surface area contributed by atoms with Crippen molar-refractivity contribution >= 4 is 49.9 Å². The molecule has 1 saturated carbocycles. The minimum Gasteiger partial charge on any atom is -0.402 e. The molecule has 1 aromatic carbocycles. The lowest BCUT2D eigenvalue weighted by molar-refractivity contribution is 0.0295. The average Bonchev–Trinajstić information content (AvgIpc) is 3.70. The molecule has 2 aliphatic rings. The average molecular weight is 741 g/mol. The van der Waals surface area contributed by atoms with Crippen LogP contribution in [0.25, 0.3) is 0 Å². The fourth-order valence-electron chi connectivity index (χ4n) is 4.69. The highest BCUT2D eigenvalue weighted by Gasteiger charge is 2.36. The van der Waals surface area contributed by atoms with E-state index in [1.165, 1.54) is 11.9 Å². The van der Waals surface area contributed by atoms with Gasteiger partial charge in [0.1, 0.15) is 23.0 Å². The van der Waals surface area contributed by atoms with E-state index in [1.807, 2.05) is 22.9 Å². The van der Waals surface area contributed by atoms with Gasteiger partial charge in [-0.3, -0.25) is 4.90 Å². The van der Waals surface area contributed by atoms with Crippen LogP contribution in [-0.2, 0) is 16.9 Å². The van der Waals surface area contributed by atoms with E-state index in [0.29, 0.717) is 40.0 Å². The maximum atomic E-state index is 15.4. The van der Waals surface area contributed by atoms with Crippen LogP contribution >= 0.6 is 22.9 Å². The summed E-state index contributed by atoms with van der Waals surface area (Å²) in [5.41, 5.74) is 8.59. The molecule has 4 rings (SSSR count). The van der Waals surface area contributed by atoms with Crippen LogP contribution in [0.3, 0.4) is 0 Å². The van der Waals surface area contributed by atoms with Gasteiger partial charge in [0, 0.05) is 37.8 Å². The van der Waals surface area contributed by atoms with E-state index in [1.54, 1.807) is 55.9 Å². The summed E-state index contributed by atoms with van der Waals surface area (Å²) >= 11 is 1.86. The fraction of sp³-hybridized carbons (Fsp3) is 0.345. The number of sulfone groups is 1. The van der Waals surface area contributed by atoms with E-state index in [-0.39, 0.29) is 11.7 Å². The number of imidazole rings is 1. The standard InChI is InChI=1S/C29H35F2IN8O3S/c1-15-10-23(40(6)27-19(30)12-18(13-20(27)31)44(7,42)43)36-26(21-14-39(5)28(34-21)29(41)38(3)4)24(17-8-9-17)25(15)35-22(37-32)11-16(2)33/h10-14,17,29,41H,1,8-9,33H2,2-7H3,(H,35,37)/b16-11-. The van der Waals surface area contributed by atoms with Crippen molar-refractivity contribution in [2.45, 2.75) is 30.9 Å². The van der Waals surface area contributed by atoms with Gasteiger partial charge in [-0.1, -0.05) is 6.58 Å². The van der Waals surface area contributed by atoms with Gasteiger partial charge < -0.3 is 25.6 Å². The third-order valence-corrected chi connectivity index (χ3v) is 8.65. The Morgan fingerprint density at radius 2 is 1.91 bits per heavy atom. The number of nitrogens with zero attached hydrogens (tertiary/aromatic N) is 6. The molecule has 2 heterocycles. The van der Waals surface area contributed by atoms with Gasteiger partial charge in [-0.15, -0.1) is 0 Å². The molecule has 1 aliphatic carbocycles. The summed E-state index contributed by atoms with van der Waals surface area (Å²) in [6.07, 6.45) is 6.55. The van der Waals surface area contributed by atoms with Gasteiger partial charge >= 0.3 is 0 Å². The summed E-state index contributed by atoms with van der Waals surface area (Å²) in [5, 5.41) is 14.1. The van der Waals surface area contributed by atoms with Crippen molar-refractivity contribution in [3.8, 4) is 0 Å². The molecule has 4 N–H and O–H groups in total. The number of amidine groups is 1. The molecule has 44 heavy (non-hydrogen) atoms.